The van der Waals surface area contributed by atoms with Gasteiger partial charge in [-0.05, 0) is 5.56 Å². The van der Waals surface area contributed by atoms with E-state index in [0.29, 0.717) is 11.1 Å². The number of nitrogens with two attached hydrogens (primary N) is 1. The number of aliphatic hydroxyl groups is 3. The smallest absolute Gasteiger partial charge is 0.178 e. The molecular formula is C9H13NO3. The van der Waals surface area contributed by atoms with Crippen LogP contribution in [0.3, 0.4) is 0 Å². The van der Waals surface area contributed by atoms with Gasteiger partial charge in [0.15, 0.2) is 6.29 Å². The van der Waals surface area contributed by atoms with Crippen LogP contribution in [-0.4, -0.2) is 21.9 Å². The van der Waals surface area contributed by atoms with Crippen molar-refractivity contribution < 1.29 is 15.3 Å². The van der Waals surface area contributed by atoms with E-state index in [0.717, 1.165) is 0 Å². The summed E-state index contributed by atoms with van der Waals surface area (Å²) in [6.07, 6.45) is -2.16. The van der Waals surface area contributed by atoms with Gasteiger partial charge >= 0.3 is 0 Å². The van der Waals surface area contributed by atoms with Crippen molar-refractivity contribution in [2.75, 3.05) is 6.54 Å². The molecule has 0 heterocycles. The maximum Gasteiger partial charge on any atom is 0.178 e. The van der Waals surface area contributed by atoms with E-state index >= 15 is 0 Å². The van der Waals surface area contributed by atoms with Gasteiger partial charge in [0.1, 0.15) is 0 Å². The normalized spacial score (nSPS) is 13.3. The third-order valence-corrected chi connectivity index (χ3v) is 1.84. The van der Waals surface area contributed by atoms with Crippen LogP contribution in [0.5, 0.6) is 0 Å². The molecule has 0 saturated heterocycles. The summed E-state index contributed by atoms with van der Waals surface area (Å²) in [4.78, 5) is 0. The largest absolute Gasteiger partial charge is 0.387 e. The highest BCUT2D eigenvalue weighted by Crippen LogP contribution is 2.15. The zero-order chi connectivity index (χ0) is 9.84. The van der Waals surface area contributed by atoms with Crippen molar-refractivity contribution in [2.45, 2.75) is 12.4 Å². The first-order chi connectivity index (χ1) is 6.15. The van der Waals surface area contributed by atoms with Gasteiger partial charge in [0.2, 0.25) is 0 Å². The third kappa shape index (κ3) is 2.50. The van der Waals surface area contributed by atoms with Gasteiger partial charge in [0.05, 0.1) is 6.10 Å². The van der Waals surface area contributed by atoms with Crippen molar-refractivity contribution in [2.24, 2.45) is 5.73 Å². The molecule has 0 radical (unpaired) electrons. The molecule has 4 nitrogen and oxygen atoms in total. The van der Waals surface area contributed by atoms with Crippen LogP contribution in [-0.2, 0) is 0 Å². The van der Waals surface area contributed by atoms with Crippen LogP contribution in [0, 0.1) is 0 Å². The minimum atomic E-state index is -1.47. The van der Waals surface area contributed by atoms with Gasteiger partial charge < -0.3 is 21.1 Å². The van der Waals surface area contributed by atoms with E-state index in [2.05, 4.69) is 0 Å². The minimum Gasteiger partial charge on any atom is -0.387 e. The molecule has 0 aliphatic heterocycles. The van der Waals surface area contributed by atoms with Gasteiger partial charge in [-0.1, -0.05) is 24.3 Å². The van der Waals surface area contributed by atoms with Gasteiger partial charge in [0, 0.05) is 12.1 Å². The van der Waals surface area contributed by atoms with Crippen molar-refractivity contribution in [3.8, 4) is 0 Å². The third-order valence-electron chi connectivity index (χ3n) is 1.84. The Bertz CT molecular complexity index is 258. The van der Waals surface area contributed by atoms with Gasteiger partial charge in [-0.2, -0.15) is 0 Å². The fraction of sp³-hybridized carbons (Fsp3) is 0.333. The number of aliphatic hydroxyl groups excluding tert-OH is 2. The molecule has 0 unspecified atom stereocenters. The number of hydrogen-bond acceptors (Lipinski definition) is 4. The summed E-state index contributed by atoms with van der Waals surface area (Å²) >= 11 is 0. The van der Waals surface area contributed by atoms with Crippen LogP contribution in [0.2, 0.25) is 0 Å². The van der Waals surface area contributed by atoms with E-state index in [-0.39, 0.29) is 6.54 Å². The molecule has 1 rings (SSSR count). The minimum absolute atomic E-state index is 0.154. The van der Waals surface area contributed by atoms with Crippen LogP contribution in [0.25, 0.3) is 0 Å². The fourth-order valence-corrected chi connectivity index (χ4v) is 1.03. The second-order valence-corrected chi connectivity index (χ2v) is 2.79. The molecular weight excluding hydrogens is 170 g/mol. The zero-order valence-electron chi connectivity index (χ0n) is 7.09. The van der Waals surface area contributed by atoms with Gasteiger partial charge in [0.25, 0.3) is 0 Å². The molecule has 0 spiro atoms. The molecule has 1 aromatic rings. The molecule has 1 atom stereocenters. The van der Waals surface area contributed by atoms with Crippen LogP contribution in [0.1, 0.15) is 23.5 Å². The maximum absolute atomic E-state index is 9.31. The van der Waals surface area contributed by atoms with Gasteiger partial charge in [-0.3, -0.25) is 0 Å². The lowest BCUT2D eigenvalue weighted by molar-refractivity contribution is -0.0425. The molecule has 0 fully saturated rings. The monoisotopic (exact) mass is 183 g/mol. The van der Waals surface area contributed by atoms with Crippen LogP contribution in [0.4, 0.5) is 0 Å². The highest BCUT2D eigenvalue weighted by Gasteiger charge is 2.06. The SMILES string of the molecule is NC[C@H](O)c1ccc(C(O)O)cc1. The summed E-state index contributed by atoms with van der Waals surface area (Å²) in [6, 6.07) is 6.32. The first-order valence-electron chi connectivity index (χ1n) is 3.99. The summed E-state index contributed by atoms with van der Waals surface area (Å²) in [5.74, 6) is 0. The molecule has 0 aliphatic rings. The number of hydrogen-bond donors (Lipinski definition) is 4. The molecule has 72 valence electrons. The Hall–Kier alpha value is -0.940. The molecule has 1 aromatic carbocycles. The molecule has 0 amide bonds. The zero-order valence-corrected chi connectivity index (χ0v) is 7.09. The Balaban J connectivity index is 2.81. The quantitative estimate of drug-likeness (QED) is 0.483. The molecule has 4 heteroatoms. The average molecular weight is 183 g/mol. The standard InChI is InChI=1S/C9H13NO3/c10-5-8(11)6-1-3-7(4-2-6)9(12)13/h1-4,8-9,11-13H,5,10H2/t8-/m0/s1. The van der Waals surface area contributed by atoms with E-state index in [1.54, 1.807) is 24.3 Å². The molecule has 5 N–H and O–H groups in total. The first-order valence-corrected chi connectivity index (χ1v) is 3.99. The maximum atomic E-state index is 9.31. The highest BCUT2D eigenvalue weighted by atomic mass is 16.5. The number of benzene rings is 1. The molecule has 13 heavy (non-hydrogen) atoms. The fourth-order valence-electron chi connectivity index (χ4n) is 1.03. The summed E-state index contributed by atoms with van der Waals surface area (Å²) in [7, 11) is 0. The summed E-state index contributed by atoms with van der Waals surface area (Å²) in [6.45, 7) is 0.154. The second-order valence-electron chi connectivity index (χ2n) is 2.79. The average Bonchev–Trinajstić information content (AvgIpc) is 2.17. The Morgan fingerprint density at radius 3 is 1.85 bits per heavy atom. The Kier molecular flexibility index (Phi) is 3.39. The van der Waals surface area contributed by atoms with Crippen LogP contribution in [0.15, 0.2) is 24.3 Å². The predicted octanol–water partition coefficient (Wildman–Crippen LogP) is -0.338. The van der Waals surface area contributed by atoms with Crippen molar-refractivity contribution in [1.29, 1.82) is 0 Å². The highest BCUT2D eigenvalue weighted by molar-refractivity contribution is 5.24. The first kappa shape index (κ1) is 10.1. The van der Waals surface area contributed by atoms with E-state index in [1.165, 1.54) is 0 Å². The van der Waals surface area contributed by atoms with Crippen molar-refractivity contribution in [3.05, 3.63) is 35.4 Å². The summed E-state index contributed by atoms with van der Waals surface area (Å²) in [5, 5.41) is 26.9. The van der Waals surface area contributed by atoms with E-state index in [1.807, 2.05) is 0 Å². The lowest BCUT2D eigenvalue weighted by Crippen LogP contribution is -2.11. The topological polar surface area (TPSA) is 86.7 Å². The molecule has 0 aromatic heterocycles. The Morgan fingerprint density at radius 1 is 1.00 bits per heavy atom. The van der Waals surface area contributed by atoms with Crippen LogP contribution < -0.4 is 5.73 Å². The van der Waals surface area contributed by atoms with Crippen molar-refractivity contribution in [1.82, 2.24) is 0 Å². The van der Waals surface area contributed by atoms with Gasteiger partial charge in [-0.25, -0.2) is 0 Å². The van der Waals surface area contributed by atoms with E-state index in [4.69, 9.17) is 15.9 Å². The van der Waals surface area contributed by atoms with E-state index < -0.39 is 12.4 Å². The summed E-state index contributed by atoms with van der Waals surface area (Å²) in [5.41, 5.74) is 6.32. The van der Waals surface area contributed by atoms with E-state index in [9.17, 15) is 5.11 Å². The van der Waals surface area contributed by atoms with Gasteiger partial charge in [-0.15, -0.1) is 0 Å². The second kappa shape index (κ2) is 4.34. The predicted molar refractivity (Wildman–Crippen MR) is 47.6 cm³/mol. The van der Waals surface area contributed by atoms with Crippen molar-refractivity contribution >= 4 is 0 Å². The van der Waals surface area contributed by atoms with Crippen molar-refractivity contribution in [3.63, 3.8) is 0 Å². The lowest BCUT2D eigenvalue weighted by Gasteiger charge is -2.09. The number of rotatable bonds is 3. The molecule has 0 bridgehead atoms. The molecule has 0 saturated carbocycles. The lowest BCUT2D eigenvalue weighted by atomic mass is 10.1. The Morgan fingerprint density at radius 2 is 1.46 bits per heavy atom. The van der Waals surface area contributed by atoms with Crippen LogP contribution >= 0.6 is 0 Å². The summed E-state index contributed by atoms with van der Waals surface area (Å²) < 4.78 is 0. The Labute approximate surface area is 76.2 Å². The molecule has 0 aliphatic carbocycles.